The first-order valence-corrected chi connectivity index (χ1v) is 11.1. The Kier molecular flexibility index (Phi) is 8.62. The minimum atomic E-state index is 0.489. The smallest absolute Gasteiger partial charge is 0.191 e. The van der Waals surface area contributed by atoms with E-state index in [9.17, 15) is 0 Å². The van der Waals surface area contributed by atoms with Crippen LogP contribution < -0.4 is 10.6 Å². The second kappa shape index (κ2) is 11.4. The highest BCUT2D eigenvalue weighted by atomic mass is 16.5. The zero-order valence-electron chi connectivity index (χ0n) is 17.7. The molecule has 5 heteroatoms. The van der Waals surface area contributed by atoms with E-state index >= 15 is 0 Å². The van der Waals surface area contributed by atoms with Crippen LogP contribution in [0.3, 0.4) is 0 Å². The summed E-state index contributed by atoms with van der Waals surface area (Å²) in [5.41, 5.74) is 1.40. The molecule has 2 unspecified atom stereocenters. The van der Waals surface area contributed by atoms with Crippen LogP contribution in [0.2, 0.25) is 0 Å². The Morgan fingerprint density at radius 3 is 2.68 bits per heavy atom. The van der Waals surface area contributed by atoms with Gasteiger partial charge in [0.15, 0.2) is 5.96 Å². The van der Waals surface area contributed by atoms with Gasteiger partial charge in [0.2, 0.25) is 0 Å². The Morgan fingerprint density at radius 2 is 1.96 bits per heavy atom. The number of guanidine groups is 1. The van der Waals surface area contributed by atoms with E-state index in [0.29, 0.717) is 18.2 Å². The van der Waals surface area contributed by atoms with E-state index in [-0.39, 0.29) is 0 Å². The quantitative estimate of drug-likeness (QED) is 0.407. The van der Waals surface area contributed by atoms with Gasteiger partial charge in [-0.05, 0) is 44.6 Å². The van der Waals surface area contributed by atoms with Gasteiger partial charge in [-0.2, -0.15) is 0 Å². The van der Waals surface area contributed by atoms with Gasteiger partial charge < -0.3 is 15.4 Å². The molecule has 0 bridgehead atoms. The van der Waals surface area contributed by atoms with Gasteiger partial charge in [-0.25, -0.2) is 0 Å². The molecule has 1 heterocycles. The Hall–Kier alpha value is -1.59. The van der Waals surface area contributed by atoms with Gasteiger partial charge in [-0.1, -0.05) is 43.2 Å². The number of benzene rings is 1. The van der Waals surface area contributed by atoms with E-state index in [1.807, 2.05) is 7.05 Å². The number of aliphatic imine (C=N–C) groups is 1. The van der Waals surface area contributed by atoms with E-state index < -0.39 is 0 Å². The van der Waals surface area contributed by atoms with Gasteiger partial charge in [-0.3, -0.25) is 9.89 Å². The molecular weight excluding hydrogens is 348 g/mol. The van der Waals surface area contributed by atoms with Crippen LogP contribution in [0.5, 0.6) is 0 Å². The lowest BCUT2D eigenvalue weighted by Crippen LogP contribution is -2.51. The van der Waals surface area contributed by atoms with E-state index in [2.05, 4.69) is 57.8 Å². The van der Waals surface area contributed by atoms with Crippen molar-refractivity contribution < 1.29 is 4.74 Å². The van der Waals surface area contributed by atoms with Crippen molar-refractivity contribution in [3.63, 3.8) is 0 Å². The van der Waals surface area contributed by atoms with Gasteiger partial charge in [0.1, 0.15) is 0 Å². The van der Waals surface area contributed by atoms with E-state index in [0.717, 1.165) is 51.5 Å². The maximum atomic E-state index is 5.94. The largest absolute Gasteiger partial charge is 0.378 e. The van der Waals surface area contributed by atoms with E-state index in [1.54, 1.807) is 0 Å². The van der Waals surface area contributed by atoms with Crippen LogP contribution in [0.15, 0.2) is 35.3 Å². The molecule has 5 nitrogen and oxygen atoms in total. The minimum Gasteiger partial charge on any atom is -0.378 e. The van der Waals surface area contributed by atoms with Crippen molar-refractivity contribution in [1.29, 1.82) is 0 Å². The molecule has 1 aliphatic heterocycles. The molecule has 0 amide bonds. The highest BCUT2D eigenvalue weighted by molar-refractivity contribution is 5.79. The van der Waals surface area contributed by atoms with E-state index in [1.165, 1.54) is 31.2 Å². The zero-order chi connectivity index (χ0) is 19.6. The summed E-state index contributed by atoms with van der Waals surface area (Å²) in [6.07, 6.45) is 9.02. The average molecular weight is 387 g/mol. The summed E-state index contributed by atoms with van der Waals surface area (Å²) in [6, 6.07) is 11.8. The van der Waals surface area contributed by atoms with E-state index in [4.69, 9.17) is 4.74 Å². The summed E-state index contributed by atoms with van der Waals surface area (Å²) in [6.45, 7) is 6.27. The molecule has 2 N–H and O–H groups in total. The number of likely N-dealkylation sites (tertiary alicyclic amines) is 1. The van der Waals surface area contributed by atoms with Crippen LogP contribution in [0, 0.1) is 0 Å². The number of nitrogens with one attached hydrogen (secondary N) is 2. The summed E-state index contributed by atoms with van der Waals surface area (Å²) in [7, 11) is 1.86. The fraction of sp³-hybridized carbons (Fsp3) is 0.696. The molecule has 0 spiro atoms. The van der Waals surface area contributed by atoms with Crippen molar-refractivity contribution in [1.82, 2.24) is 15.5 Å². The third-order valence-electron chi connectivity index (χ3n) is 6.08. The van der Waals surface area contributed by atoms with Crippen molar-refractivity contribution in [3.8, 4) is 0 Å². The summed E-state index contributed by atoms with van der Waals surface area (Å²) < 4.78 is 5.94. The van der Waals surface area contributed by atoms with Crippen molar-refractivity contribution in [3.05, 3.63) is 35.9 Å². The number of ether oxygens (including phenoxy) is 1. The van der Waals surface area contributed by atoms with Crippen molar-refractivity contribution in [2.75, 3.05) is 26.7 Å². The molecule has 0 aromatic heterocycles. The fourth-order valence-corrected chi connectivity index (χ4v) is 4.38. The Morgan fingerprint density at radius 1 is 1.18 bits per heavy atom. The van der Waals surface area contributed by atoms with Gasteiger partial charge in [0, 0.05) is 45.4 Å². The third kappa shape index (κ3) is 6.78. The first-order chi connectivity index (χ1) is 13.7. The molecule has 1 aromatic carbocycles. The molecule has 3 rings (SSSR count). The van der Waals surface area contributed by atoms with Gasteiger partial charge in [-0.15, -0.1) is 0 Å². The second-order valence-electron chi connectivity index (χ2n) is 8.30. The zero-order valence-corrected chi connectivity index (χ0v) is 17.7. The average Bonchev–Trinajstić information content (AvgIpc) is 3.23. The maximum absolute atomic E-state index is 5.94. The molecule has 28 heavy (non-hydrogen) atoms. The fourth-order valence-electron chi connectivity index (χ4n) is 4.38. The molecule has 0 radical (unpaired) electrons. The van der Waals surface area contributed by atoms with Crippen LogP contribution in [-0.4, -0.2) is 55.8 Å². The predicted molar refractivity (Wildman–Crippen MR) is 117 cm³/mol. The highest BCUT2D eigenvalue weighted by Gasteiger charge is 2.25. The first-order valence-electron chi connectivity index (χ1n) is 11.1. The lowest BCUT2D eigenvalue weighted by Gasteiger charge is -2.38. The van der Waals surface area contributed by atoms with Crippen molar-refractivity contribution >= 4 is 5.96 Å². The standard InChI is InChI=1S/C23H38N4O/c1-19-17-21(13-15-27(19)18-20-9-4-3-5-10-20)26-23(24-2)25-14-8-16-28-22-11-6-7-12-22/h3-5,9-10,19,21-22H,6-8,11-18H2,1-2H3,(H2,24,25,26). The summed E-state index contributed by atoms with van der Waals surface area (Å²) >= 11 is 0. The minimum absolute atomic E-state index is 0.489. The first kappa shape index (κ1) is 21.1. The lowest BCUT2D eigenvalue weighted by atomic mass is 9.97. The third-order valence-corrected chi connectivity index (χ3v) is 6.08. The number of hydrogen-bond donors (Lipinski definition) is 2. The predicted octanol–water partition coefficient (Wildman–Crippen LogP) is 3.55. The molecular formula is C23H38N4O. The molecule has 1 aliphatic carbocycles. The van der Waals surface area contributed by atoms with Gasteiger partial charge >= 0.3 is 0 Å². The number of hydrogen-bond acceptors (Lipinski definition) is 3. The topological polar surface area (TPSA) is 48.9 Å². The van der Waals surface area contributed by atoms with Crippen LogP contribution >= 0.6 is 0 Å². The van der Waals surface area contributed by atoms with Crippen LogP contribution in [0.1, 0.15) is 57.4 Å². The van der Waals surface area contributed by atoms with Gasteiger partial charge in [0.05, 0.1) is 6.10 Å². The number of rotatable bonds is 8. The molecule has 156 valence electrons. The van der Waals surface area contributed by atoms with Crippen molar-refractivity contribution in [2.45, 2.75) is 76.6 Å². The SMILES string of the molecule is CN=C(NCCCOC1CCCC1)NC1CCN(Cc2ccccc2)C(C)C1. The van der Waals surface area contributed by atoms with Crippen molar-refractivity contribution in [2.24, 2.45) is 4.99 Å². The number of piperidine rings is 1. The summed E-state index contributed by atoms with van der Waals surface area (Å²) in [5.74, 6) is 0.926. The Labute approximate surface area is 170 Å². The maximum Gasteiger partial charge on any atom is 0.191 e. The Bertz CT molecular complexity index is 586. The summed E-state index contributed by atoms with van der Waals surface area (Å²) in [5, 5.41) is 7.08. The normalized spacial score (nSPS) is 24.4. The number of nitrogens with zero attached hydrogens (tertiary/aromatic N) is 2. The molecule has 2 aliphatic rings. The molecule has 2 atom stereocenters. The molecule has 1 aromatic rings. The molecule has 2 fully saturated rings. The van der Waals surface area contributed by atoms with Crippen LogP contribution in [0.4, 0.5) is 0 Å². The summed E-state index contributed by atoms with van der Waals surface area (Å²) in [4.78, 5) is 7.00. The second-order valence-corrected chi connectivity index (χ2v) is 8.30. The van der Waals surface area contributed by atoms with Crippen LogP contribution in [-0.2, 0) is 11.3 Å². The molecule has 1 saturated carbocycles. The Balaban J connectivity index is 1.32. The monoisotopic (exact) mass is 386 g/mol. The van der Waals surface area contributed by atoms with Crippen LogP contribution in [0.25, 0.3) is 0 Å². The highest BCUT2D eigenvalue weighted by Crippen LogP contribution is 2.21. The lowest BCUT2D eigenvalue weighted by molar-refractivity contribution is 0.0573. The van der Waals surface area contributed by atoms with Gasteiger partial charge in [0.25, 0.3) is 0 Å². The molecule has 1 saturated heterocycles.